The molecular formula is C13H17NO4. The van der Waals surface area contributed by atoms with Crippen molar-refractivity contribution < 1.29 is 19.4 Å². The summed E-state index contributed by atoms with van der Waals surface area (Å²) >= 11 is 0. The Morgan fingerprint density at radius 1 is 1.44 bits per heavy atom. The first kappa shape index (κ1) is 12.7. The maximum atomic E-state index is 10.8. The summed E-state index contributed by atoms with van der Waals surface area (Å²) in [4.78, 5) is 12.6. The highest BCUT2D eigenvalue weighted by Gasteiger charge is 2.17. The lowest BCUT2D eigenvalue weighted by molar-refractivity contribution is -0.142. The number of hydrogen-bond acceptors (Lipinski definition) is 4. The second-order valence-corrected chi connectivity index (χ2v) is 4.43. The summed E-state index contributed by atoms with van der Waals surface area (Å²) in [5.74, 6) is 0.732. The Morgan fingerprint density at radius 3 is 2.89 bits per heavy atom. The van der Waals surface area contributed by atoms with Gasteiger partial charge in [-0.15, -0.1) is 0 Å². The van der Waals surface area contributed by atoms with E-state index in [1.54, 1.807) is 6.92 Å². The van der Waals surface area contributed by atoms with Crippen LogP contribution >= 0.6 is 0 Å². The van der Waals surface area contributed by atoms with Crippen LogP contribution in [0.3, 0.4) is 0 Å². The van der Waals surface area contributed by atoms with Crippen LogP contribution < -0.4 is 9.47 Å². The third-order valence-electron chi connectivity index (χ3n) is 3.21. The zero-order valence-electron chi connectivity index (χ0n) is 10.5. The van der Waals surface area contributed by atoms with Crippen LogP contribution in [-0.2, 0) is 11.2 Å². The predicted molar refractivity (Wildman–Crippen MR) is 66.0 cm³/mol. The first-order valence-electron chi connectivity index (χ1n) is 5.89. The number of likely N-dealkylation sites (N-methyl/N-ethyl adjacent to an activating group) is 1. The van der Waals surface area contributed by atoms with Gasteiger partial charge in [0.05, 0.1) is 0 Å². The Bertz CT molecular complexity index is 447. The van der Waals surface area contributed by atoms with Gasteiger partial charge in [0.1, 0.15) is 6.04 Å². The van der Waals surface area contributed by atoms with Gasteiger partial charge in [0.15, 0.2) is 11.5 Å². The average molecular weight is 251 g/mol. The molecule has 1 N–H and O–H groups in total. The number of hydrogen-bond donors (Lipinski definition) is 1. The third kappa shape index (κ3) is 2.73. The second kappa shape index (κ2) is 5.27. The van der Waals surface area contributed by atoms with Crippen LogP contribution in [0.1, 0.15) is 12.5 Å². The van der Waals surface area contributed by atoms with E-state index in [1.807, 2.05) is 30.1 Å². The van der Waals surface area contributed by atoms with E-state index < -0.39 is 12.0 Å². The largest absolute Gasteiger partial charge is 0.480 e. The molecule has 18 heavy (non-hydrogen) atoms. The van der Waals surface area contributed by atoms with E-state index in [0.29, 0.717) is 6.54 Å². The van der Waals surface area contributed by atoms with Crippen LogP contribution in [0.2, 0.25) is 0 Å². The van der Waals surface area contributed by atoms with E-state index >= 15 is 0 Å². The average Bonchev–Trinajstić information content (AvgIpc) is 2.82. The molecule has 0 saturated heterocycles. The van der Waals surface area contributed by atoms with E-state index in [4.69, 9.17) is 14.6 Å². The zero-order chi connectivity index (χ0) is 13.1. The molecule has 0 fully saturated rings. The number of nitrogens with zero attached hydrogens (tertiary/aromatic N) is 1. The van der Waals surface area contributed by atoms with Crippen molar-refractivity contribution in [2.45, 2.75) is 19.4 Å². The summed E-state index contributed by atoms with van der Waals surface area (Å²) in [5.41, 5.74) is 1.11. The molecule has 2 rings (SSSR count). The van der Waals surface area contributed by atoms with Gasteiger partial charge < -0.3 is 14.6 Å². The van der Waals surface area contributed by atoms with Gasteiger partial charge >= 0.3 is 5.97 Å². The van der Waals surface area contributed by atoms with E-state index in [9.17, 15) is 4.79 Å². The fourth-order valence-corrected chi connectivity index (χ4v) is 1.78. The number of aliphatic carboxylic acids is 1. The van der Waals surface area contributed by atoms with Gasteiger partial charge in [-0.1, -0.05) is 6.07 Å². The van der Waals surface area contributed by atoms with Gasteiger partial charge in [-0.3, -0.25) is 9.69 Å². The van der Waals surface area contributed by atoms with Gasteiger partial charge in [0.2, 0.25) is 6.79 Å². The lowest BCUT2D eigenvalue weighted by Gasteiger charge is -2.20. The molecule has 1 aliphatic rings. The molecule has 1 aliphatic heterocycles. The fourth-order valence-electron chi connectivity index (χ4n) is 1.78. The summed E-state index contributed by atoms with van der Waals surface area (Å²) in [6.07, 6.45) is 0.782. The van der Waals surface area contributed by atoms with Gasteiger partial charge in [-0.2, -0.15) is 0 Å². The van der Waals surface area contributed by atoms with Crippen molar-refractivity contribution in [1.29, 1.82) is 0 Å². The third-order valence-corrected chi connectivity index (χ3v) is 3.21. The number of carboxylic acids is 1. The van der Waals surface area contributed by atoms with E-state index in [1.165, 1.54) is 0 Å². The van der Waals surface area contributed by atoms with Crippen molar-refractivity contribution in [3.63, 3.8) is 0 Å². The Balaban J connectivity index is 1.92. The first-order valence-corrected chi connectivity index (χ1v) is 5.89. The van der Waals surface area contributed by atoms with E-state index in [0.717, 1.165) is 23.5 Å². The van der Waals surface area contributed by atoms with Crippen molar-refractivity contribution >= 4 is 5.97 Å². The molecule has 0 amide bonds. The van der Waals surface area contributed by atoms with Gasteiger partial charge in [-0.25, -0.2) is 0 Å². The minimum Gasteiger partial charge on any atom is -0.480 e. The van der Waals surface area contributed by atoms with Gasteiger partial charge in [0.25, 0.3) is 0 Å². The van der Waals surface area contributed by atoms with Crippen molar-refractivity contribution in [3.05, 3.63) is 23.8 Å². The molecule has 0 aliphatic carbocycles. The predicted octanol–water partition coefficient (Wildman–Crippen LogP) is 1.36. The first-order chi connectivity index (χ1) is 8.58. The van der Waals surface area contributed by atoms with E-state index in [-0.39, 0.29) is 6.79 Å². The summed E-state index contributed by atoms with van der Waals surface area (Å²) < 4.78 is 10.5. The topological polar surface area (TPSA) is 59.0 Å². The van der Waals surface area contributed by atoms with Crippen LogP contribution in [0.5, 0.6) is 11.5 Å². The van der Waals surface area contributed by atoms with Crippen LogP contribution in [0.25, 0.3) is 0 Å². The minimum atomic E-state index is -0.803. The Hall–Kier alpha value is -1.75. The monoisotopic (exact) mass is 251 g/mol. The van der Waals surface area contributed by atoms with Crippen molar-refractivity contribution in [3.8, 4) is 11.5 Å². The molecule has 0 spiro atoms. The Kier molecular flexibility index (Phi) is 3.72. The Morgan fingerprint density at radius 2 is 2.17 bits per heavy atom. The molecule has 0 aromatic heterocycles. The molecule has 98 valence electrons. The fraction of sp³-hybridized carbons (Fsp3) is 0.462. The minimum absolute atomic E-state index is 0.273. The lowest BCUT2D eigenvalue weighted by atomic mass is 10.1. The molecule has 1 atom stereocenters. The smallest absolute Gasteiger partial charge is 0.320 e. The molecular weight excluding hydrogens is 234 g/mol. The maximum Gasteiger partial charge on any atom is 0.320 e. The molecule has 1 heterocycles. The molecule has 0 bridgehead atoms. The van der Waals surface area contributed by atoms with Crippen LogP contribution in [-0.4, -0.2) is 42.4 Å². The Labute approximate surface area is 106 Å². The van der Waals surface area contributed by atoms with Crippen LogP contribution in [0, 0.1) is 0 Å². The highest BCUT2D eigenvalue weighted by atomic mass is 16.7. The highest BCUT2D eigenvalue weighted by Crippen LogP contribution is 2.32. The number of ether oxygens (including phenoxy) is 2. The SMILES string of the molecule is CC(C(=O)O)N(C)CCc1ccc2c(c1)OCO2. The molecule has 1 unspecified atom stereocenters. The molecule has 0 radical (unpaired) electrons. The van der Waals surface area contributed by atoms with Crippen LogP contribution in [0.15, 0.2) is 18.2 Å². The maximum absolute atomic E-state index is 10.8. The zero-order valence-corrected chi connectivity index (χ0v) is 10.5. The quantitative estimate of drug-likeness (QED) is 0.856. The number of fused-ring (bicyclic) bond motifs is 1. The number of benzene rings is 1. The standard InChI is InChI=1S/C13H17NO4/c1-9(13(15)16)14(2)6-5-10-3-4-11-12(7-10)18-8-17-11/h3-4,7,9H,5-6,8H2,1-2H3,(H,15,16). The molecule has 5 nitrogen and oxygen atoms in total. The van der Waals surface area contributed by atoms with Crippen LogP contribution in [0.4, 0.5) is 0 Å². The molecule has 0 saturated carbocycles. The normalized spacial score (nSPS) is 14.8. The number of rotatable bonds is 5. The van der Waals surface area contributed by atoms with Crippen molar-refractivity contribution in [2.24, 2.45) is 0 Å². The van der Waals surface area contributed by atoms with E-state index in [2.05, 4.69) is 0 Å². The highest BCUT2D eigenvalue weighted by molar-refractivity contribution is 5.72. The van der Waals surface area contributed by atoms with Gasteiger partial charge in [-0.05, 0) is 38.1 Å². The van der Waals surface area contributed by atoms with Crippen molar-refractivity contribution in [1.82, 2.24) is 4.90 Å². The molecule has 1 aromatic rings. The summed E-state index contributed by atoms with van der Waals surface area (Å²) in [5, 5.41) is 8.90. The van der Waals surface area contributed by atoms with Crippen molar-refractivity contribution in [2.75, 3.05) is 20.4 Å². The summed E-state index contributed by atoms with van der Waals surface area (Å²) in [6.45, 7) is 2.64. The summed E-state index contributed by atoms with van der Waals surface area (Å²) in [7, 11) is 1.81. The second-order valence-electron chi connectivity index (χ2n) is 4.43. The molecule has 5 heteroatoms. The molecule has 1 aromatic carbocycles. The lowest BCUT2D eigenvalue weighted by Crippen LogP contribution is -2.37. The number of carboxylic acid groups (broad SMARTS) is 1. The number of carbonyl (C=O) groups is 1. The summed E-state index contributed by atoms with van der Waals surface area (Å²) in [6, 6.07) is 5.34. The van der Waals surface area contributed by atoms with Gasteiger partial charge in [0, 0.05) is 6.54 Å².